The molecule has 2 nitrogen and oxygen atoms in total. The van der Waals surface area contributed by atoms with E-state index in [2.05, 4.69) is 48.8 Å². The topological polar surface area (TPSA) is 33.0 Å². The van der Waals surface area contributed by atoms with E-state index in [-0.39, 0.29) is 5.60 Å². The molecule has 3 rings (SSSR count). The van der Waals surface area contributed by atoms with Gasteiger partial charge >= 0.3 is 0 Å². The zero-order valence-electron chi connectivity index (χ0n) is 13.4. The lowest BCUT2D eigenvalue weighted by Gasteiger charge is -2.38. The van der Waals surface area contributed by atoms with Gasteiger partial charge in [0.2, 0.25) is 0 Å². The molecule has 1 aromatic rings. The fourth-order valence-electron chi connectivity index (χ4n) is 3.84. The van der Waals surface area contributed by atoms with Crippen molar-refractivity contribution < 1.29 is 4.74 Å². The fourth-order valence-corrected chi connectivity index (χ4v) is 4.20. The van der Waals surface area contributed by atoms with E-state index >= 15 is 0 Å². The average Bonchev–Trinajstić information content (AvgIpc) is 2.84. The number of hydrogen-bond donors (Lipinski definition) is 0. The molecule has 0 radical (unpaired) electrons. The maximum atomic E-state index is 9.15. The van der Waals surface area contributed by atoms with E-state index in [1.54, 1.807) is 6.08 Å². The third-order valence-electron chi connectivity index (χ3n) is 5.16. The minimum Gasteiger partial charge on any atom is -0.486 e. The van der Waals surface area contributed by atoms with Gasteiger partial charge in [0, 0.05) is 22.5 Å². The molecule has 116 valence electrons. The van der Waals surface area contributed by atoms with Crippen LogP contribution in [-0.4, -0.2) is 5.60 Å². The zero-order chi connectivity index (χ0) is 16.0. The second-order valence-electron chi connectivity index (χ2n) is 7.71. The smallest absolute Gasteiger partial charge is 0.127 e. The van der Waals surface area contributed by atoms with Gasteiger partial charge in [-0.25, -0.2) is 0 Å². The standard InChI is InChI=1S/C19H22BrNO/c1-18(2,3)14-6-8-19(12-14)11-13(7-9-21)16-10-15(20)4-5-17(16)22-19/h4-5,7,10,14H,6,8,11-12H2,1-3H3/b13-7+. The van der Waals surface area contributed by atoms with Crippen LogP contribution in [0, 0.1) is 22.7 Å². The molecule has 2 aliphatic rings. The van der Waals surface area contributed by atoms with Gasteiger partial charge in [-0.2, -0.15) is 5.26 Å². The lowest BCUT2D eigenvalue weighted by molar-refractivity contribution is 0.0616. The molecule has 1 heterocycles. The Balaban J connectivity index is 1.97. The highest BCUT2D eigenvalue weighted by atomic mass is 79.9. The summed E-state index contributed by atoms with van der Waals surface area (Å²) in [5.74, 6) is 1.60. The minimum absolute atomic E-state index is 0.124. The van der Waals surface area contributed by atoms with Crippen LogP contribution in [0.1, 0.15) is 52.0 Å². The number of hydrogen-bond acceptors (Lipinski definition) is 2. The zero-order valence-corrected chi connectivity index (χ0v) is 15.0. The van der Waals surface area contributed by atoms with Crippen LogP contribution in [0.2, 0.25) is 0 Å². The van der Waals surface area contributed by atoms with E-state index in [1.165, 1.54) is 6.42 Å². The SMILES string of the molecule is CC(C)(C)C1CCC2(C/C(=C\C#N)c3cc(Br)ccc3O2)C1. The molecule has 1 aliphatic heterocycles. The second-order valence-corrected chi connectivity index (χ2v) is 8.62. The quantitative estimate of drug-likeness (QED) is 0.554. The Morgan fingerprint density at radius 2 is 2.18 bits per heavy atom. The van der Waals surface area contributed by atoms with Crippen molar-refractivity contribution in [3.8, 4) is 11.8 Å². The van der Waals surface area contributed by atoms with Crippen molar-refractivity contribution in [3.63, 3.8) is 0 Å². The summed E-state index contributed by atoms with van der Waals surface area (Å²) in [6.07, 6.45) is 5.90. The van der Waals surface area contributed by atoms with E-state index in [0.717, 1.165) is 40.6 Å². The first kappa shape index (κ1) is 15.6. The number of nitrogens with zero attached hydrogens (tertiary/aromatic N) is 1. The maximum absolute atomic E-state index is 9.15. The summed E-state index contributed by atoms with van der Waals surface area (Å²) < 4.78 is 7.49. The minimum atomic E-state index is -0.124. The molecule has 1 fully saturated rings. The summed E-state index contributed by atoms with van der Waals surface area (Å²) in [6, 6.07) is 8.31. The van der Waals surface area contributed by atoms with Crippen molar-refractivity contribution in [2.24, 2.45) is 11.3 Å². The monoisotopic (exact) mass is 359 g/mol. The van der Waals surface area contributed by atoms with Gasteiger partial charge in [0.05, 0.1) is 6.07 Å². The van der Waals surface area contributed by atoms with Crippen LogP contribution in [0.3, 0.4) is 0 Å². The number of ether oxygens (including phenoxy) is 1. The third kappa shape index (κ3) is 2.82. The van der Waals surface area contributed by atoms with Crippen molar-refractivity contribution in [1.29, 1.82) is 5.26 Å². The van der Waals surface area contributed by atoms with Crippen molar-refractivity contribution in [2.45, 2.75) is 52.1 Å². The highest BCUT2D eigenvalue weighted by Crippen LogP contribution is 2.53. The highest BCUT2D eigenvalue weighted by Gasteiger charge is 2.47. The number of halogens is 1. The second kappa shape index (κ2) is 5.42. The van der Waals surface area contributed by atoms with Crippen LogP contribution in [-0.2, 0) is 0 Å². The summed E-state index contributed by atoms with van der Waals surface area (Å²) >= 11 is 3.51. The molecule has 2 atom stereocenters. The van der Waals surface area contributed by atoms with Crippen LogP contribution in [0.4, 0.5) is 0 Å². The summed E-state index contributed by atoms with van der Waals surface area (Å²) in [5.41, 5.74) is 2.35. The van der Waals surface area contributed by atoms with Crippen LogP contribution in [0.15, 0.2) is 28.7 Å². The van der Waals surface area contributed by atoms with Crippen LogP contribution in [0.5, 0.6) is 5.75 Å². The highest BCUT2D eigenvalue weighted by molar-refractivity contribution is 9.10. The third-order valence-corrected chi connectivity index (χ3v) is 5.65. The lowest BCUT2D eigenvalue weighted by Crippen LogP contribution is -2.37. The Hall–Kier alpha value is -1.27. The molecule has 0 bridgehead atoms. The molecule has 1 saturated carbocycles. The number of fused-ring (bicyclic) bond motifs is 1. The first-order valence-electron chi connectivity index (χ1n) is 7.91. The Morgan fingerprint density at radius 1 is 1.41 bits per heavy atom. The first-order chi connectivity index (χ1) is 10.3. The summed E-state index contributed by atoms with van der Waals surface area (Å²) in [5, 5.41) is 9.15. The van der Waals surface area contributed by atoms with Gasteiger partial charge in [-0.1, -0.05) is 36.7 Å². The largest absolute Gasteiger partial charge is 0.486 e. The lowest BCUT2D eigenvalue weighted by atomic mass is 9.77. The molecule has 0 N–H and O–H groups in total. The van der Waals surface area contributed by atoms with Gasteiger partial charge in [0.15, 0.2) is 0 Å². The Kier molecular flexibility index (Phi) is 3.85. The molecular formula is C19H22BrNO. The predicted molar refractivity (Wildman–Crippen MR) is 92.5 cm³/mol. The van der Waals surface area contributed by atoms with E-state index < -0.39 is 0 Å². The first-order valence-corrected chi connectivity index (χ1v) is 8.70. The van der Waals surface area contributed by atoms with Crippen LogP contribution >= 0.6 is 15.9 Å². The van der Waals surface area contributed by atoms with Crippen molar-refractivity contribution in [3.05, 3.63) is 34.3 Å². The van der Waals surface area contributed by atoms with Gasteiger partial charge in [0.25, 0.3) is 0 Å². The molecule has 0 aromatic heterocycles. The molecule has 1 aliphatic carbocycles. The van der Waals surface area contributed by atoms with Crippen molar-refractivity contribution in [2.75, 3.05) is 0 Å². The van der Waals surface area contributed by atoms with Crippen molar-refractivity contribution in [1.82, 2.24) is 0 Å². The van der Waals surface area contributed by atoms with Gasteiger partial charge < -0.3 is 4.74 Å². The molecule has 2 unspecified atom stereocenters. The Morgan fingerprint density at radius 3 is 2.82 bits per heavy atom. The van der Waals surface area contributed by atoms with Crippen molar-refractivity contribution >= 4 is 21.5 Å². The molecule has 22 heavy (non-hydrogen) atoms. The molecule has 0 amide bonds. The number of nitriles is 1. The van der Waals surface area contributed by atoms with Gasteiger partial charge in [-0.05, 0) is 54.4 Å². The number of allylic oxidation sites excluding steroid dienone is 1. The molecule has 3 heteroatoms. The Bertz CT molecular complexity index is 665. The van der Waals surface area contributed by atoms with Crippen LogP contribution in [0.25, 0.3) is 5.57 Å². The summed E-state index contributed by atoms with van der Waals surface area (Å²) in [7, 11) is 0. The summed E-state index contributed by atoms with van der Waals surface area (Å²) in [4.78, 5) is 0. The Labute approximate surface area is 141 Å². The van der Waals surface area contributed by atoms with E-state index in [4.69, 9.17) is 10.00 Å². The van der Waals surface area contributed by atoms with E-state index in [1.807, 2.05) is 12.1 Å². The van der Waals surface area contributed by atoms with Gasteiger partial charge in [-0.3, -0.25) is 0 Å². The predicted octanol–water partition coefficient (Wildman–Crippen LogP) is 5.72. The number of rotatable bonds is 0. The fraction of sp³-hybridized carbons (Fsp3) is 0.526. The average molecular weight is 360 g/mol. The van der Waals surface area contributed by atoms with Crippen LogP contribution < -0.4 is 4.74 Å². The van der Waals surface area contributed by atoms with Gasteiger partial charge in [-0.15, -0.1) is 0 Å². The van der Waals surface area contributed by atoms with Gasteiger partial charge in [0.1, 0.15) is 11.4 Å². The van der Waals surface area contributed by atoms with E-state index in [9.17, 15) is 0 Å². The normalized spacial score (nSPS) is 29.2. The number of benzene rings is 1. The molecule has 1 spiro atoms. The molecule has 0 saturated heterocycles. The maximum Gasteiger partial charge on any atom is 0.127 e. The molecular weight excluding hydrogens is 338 g/mol. The summed E-state index contributed by atoms with van der Waals surface area (Å²) in [6.45, 7) is 6.95. The molecule has 1 aromatic carbocycles. The van der Waals surface area contributed by atoms with E-state index in [0.29, 0.717) is 11.3 Å².